The fourth-order valence-electron chi connectivity index (χ4n) is 0.705. The van der Waals surface area contributed by atoms with Crippen LogP contribution in [-0.4, -0.2) is 5.97 Å². The van der Waals surface area contributed by atoms with Crippen molar-refractivity contribution in [1.29, 1.82) is 0 Å². The number of esters is 1. The van der Waals surface area contributed by atoms with Crippen LogP contribution in [0.4, 0.5) is 4.39 Å². The Bertz CT molecular complexity index is 349. The second-order valence-electron chi connectivity index (χ2n) is 2.20. The molecule has 0 heterocycles. The van der Waals surface area contributed by atoms with Crippen molar-refractivity contribution in [2.24, 2.45) is 0 Å². The zero-order valence-corrected chi connectivity index (χ0v) is 7.34. The number of hydrogen-bond donors (Lipinski definition) is 0. The van der Waals surface area contributed by atoms with Gasteiger partial charge in [-0.1, -0.05) is 18.2 Å². The van der Waals surface area contributed by atoms with Gasteiger partial charge in [0.2, 0.25) is 0 Å². The van der Waals surface area contributed by atoms with Gasteiger partial charge in [-0.3, -0.25) is 0 Å². The van der Waals surface area contributed by atoms with Crippen molar-refractivity contribution in [2.45, 2.75) is 0 Å². The lowest BCUT2D eigenvalue weighted by atomic mass is 10.3. The Hall–Kier alpha value is -1.35. The van der Waals surface area contributed by atoms with E-state index in [1.165, 1.54) is 12.1 Å². The van der Waals surface area contributed by atoms with Gasteiger partial charge in [-0.15, -0.1) is 0 Å². The smallest absolute Gasteiger partial charge is 0.335 e. The predicted octanol–water partition coefficient (Wildman–Crippen LogP) is 2.57. The third kappa shape index (κ3) is 2.56. The molecule has 1 aromatic rings. The number of rotatable bonds is 2. The third-order valence-corrected chi connectivity index (χ3v) is 1.51. The van der Waals surface area contributed by atoms with Gasteiger partial charge in [0, 0.05) is 17.2 Å². The minimum atomic E-state index is -0.721. The zero-order chi connectivity index (χ0) is 9.84. The molecule has 0 unspecified atom stereocenters. The molecule has 1 rings (SSSR count). The van der Waals surface area contributed by atoms with Gasteiger partial charge in [-0.25, -0.2) is 9.18 Å². The highest BCUT2D eigenvalue weighted by atomic mass is 35.5. The standard InChI is InChI=1S/C9H6ClFO2/c1-2-9(12)13-8-5-6(10)3-4-7(8)11/h2-5H,1H2. The minimum absolute atomic E-state index is 0.197. The number of ether oxygens (including phenoxy) is 1. The molecule has 0 N–H and O–H groups in total. The highest BCUT2D eigenvalue weighted by Gasteiger charge is 2.06. The largest absolute Gasteiger partial charge is 0.420 e. The summed E-state index contributed by atoms with van der Waals surface area (Å²) in [6, 6.07) is 3.70. The van der Waals surface area contributed by atoms with E-state index in [-0.39, 0.29) is 5.75 Å². The molecule has 0 atom stereocenters. The summed E-state index contributed by atoms with van der Waals surface area (Å²) in [6.07, 6.45) is 0.945. The second-order valence-corrected chi connectivity index (χ2v) is 2.64. The molecule has 0 spiro atoms. The van der Waals surface area contributed by atoms with Crippen LogP contribution in [0.2, 0.25) is 5.02 Å². The summed E-state index contributed by atoms with van der Waals surface area (Å²) in [5, 5.41) is 0.299. The number of halogens is 2. The topological polar surface area (TPSA) is 26.3 Å². The molecule has 68 valence electrons. The fourth-order valence-corrected chi connectivity index (χ4v) is 0.868. The van der Waals surface area contributed by atoms with Gasteiger partial charge >= 0.3 is 5.97 Å². The third-order valence-electron chi connectivity index (χ3n) is 1.27. The Balaban J connectivity index is 2.93. The molecule has 0 amide bonds. The molecule has 0 fully saturated rings. The molecule has 0 bridgehead atoms. The van der Waals surface area contributed by atoms with Gasteiger partial charge in [-0.05, 0) is 12.1 Å². The normalized spacial score (nSPS) is 9.38. The molecule has 0 aliphatic rings. The Morgan fingerprint density at radius 2 is 2.31 bits per heavy atom. The van der Waals surface area contributed by atoms with Crippen LogP contribution < -0.4 is 4.74 Å². The lowest BCUT2D eigenvalue weighted by Gasteiger charge is -2.02. The zero-order valence-electron chi connectivity index (χ0n) is 6.59. The molecule has 4 heteroatoms. The van der Waals surface area contributed by atoms with E-state index in [1.54, 1.807) is 0 Å². The average Bonchev–Trinajstić information content (AvgIpc) is 2.11. The van der Waals surface area contributed by atoms with E-state index in [0.29, 0.717) is 5.02 Å². The van der Waals surface area contributed by atoms with Gasteiger partial charge < -0.3 is 4.74 Å². The van der Waals surface area contributed by atoms with E-state index >= 15 is 0 Å². The first-order chi connectivity index (χ1) is 6.13. The lowest BCUT2D eigenvalue weighted by molar-refractivity contribution is -0.129. The first-order valence-electron chi connectivity index (χ1n) is 3.43. The predicted molar refractivity (Wildman–Crippen MR) is 47.2 cm³/mol. The Kier molecular flexibility index (Phi) is 3.03. The maximum atomic E-state index is 12.9. The van der Waals surface area contributed by atoms with E-state index < -0.39 is 11.8 Å². The second kappa shape index (κ2) is 4.05. The van der Waals surface area contributed by atoms with Crippen LogP contribution in [0.25, 0.3) is 0 Å². The summed E-state index contributed by atoms with van der Waals surface area (Å²) >= 11 is 5.56. The maximum Gasteiger partial charge on any atom is 0.335 e. The highest BCUT2D eigenvalue weighted by molar-refractivity contribution is 6.30. The van der Waals surface area contributed by atoms with Crippen molar-refractivity contribution in [3.63, 3.8) is 0 Å². The number of carbonyl (C=O) groups excluding carboxylic acids is 1. The van der Waals surface area contributed by atoms with E-state index in [4.69, 9.17) is 11.6 Å². The van der Waals surface area contributed by atoms with Crippen LogP contribution >= 0.6 is 11.6 Å². The van der Waals surface area contributed by atoms with E-state index in [0.717, 1.165) is 12.1 Å². The molecule has 0 saturated heterocycles. The fraction of sp³-hybridized carbons (Fsp3) is 0. The summed E-state index contributed by atoms with van der Waals surface area (Å²) in [5.74, 6) is -1.56. The number of hydrogen-bond acceptors (Lipinski definition) is 2. The van der Waals surface area contributed by atoms with E-state index in [1.807, 2.05) is 0 Å². The van der Waals surface area contributed by atoms with Gasteiger partial charge in [0.05, 0.1) is 0 Å². The van der Waals surface area contributed by atoms with E-state index in [2.05, 4.69) is 11.3 Å². The molecular formula is C9H6ClFO2. The molecular weight excluding hydrogens is 195 g/mol. The van der Waals surface area contributed by atoms with Crippen molar-refractivity contribution < 1.29 is 13.9 Å². The molecule has 0 aromatic heterocycles. The molecule has 0 saturated carbocycles. The summed E-state index contributed by atoms with van der Waals surface area (Å²) in [6.45, 7) is 3.18. The Morgan fingerprint density at radius 1 is 1.62 bits per heavy atom. The molecule has 0 aliphatic carbocycles. The van der Waals surface area contributed by atoms with Crippen LogP contribution in [-0.2, 0) is 4.79 Å². The summed E-state index contributed by atoms with van der Waals surface area (Å²) < 4.78 is 17.5. The molecule has 13 heavy (non-hydrogen) atoms. The Labute approximate surface area is 79.6 Å². The minimum Gasteiger partial charge on any atom is -0.420 e. The van der Waals surface area contributed by atoms with E-state index in [9.17, 15) is 9.18 Å². The van der Waals surface area contributed by atoms with Gasteiger partial charge in [0.25, 0.3) is 0 Å². The van der Waals surface area contributed by atoms with Gasteiger partial charge in [0.1, 0.15) is 0 Å². The van der Waals surface area contributed by atoms with Crippen LogP contribution in [0.1, 0.15) is 0 Å². The van der Waals surface area contributed by atoms with Crippen molar-refractivity contribution in [1.82, 2.24) is 0 Å². The molecule has 0 radical (unpaired) electrons. The van der Waals surface area contributed by atoms with Crippen LogP contribution in [0.3, 0.4) is 0 Å². The van der Waals surface area contributed by atoms with Crippen LogP contribution in [0, 0.1) is 5.82 Å². The first kappa shape index (κ1) is 9.74. The number of carbonyl (C=O) groups is 1. The van der Waals surface area contributed by atoms with Gasteiger partial charge in [0.15, 0.2) is 11.6 Å². The van der Waals surface area contributed by atoms with Crippen LogP contribution in [0.15, 0.2) is 30.9 Å². The lowest BCUT2D eigenvalue weighted by Crippen LogP contribution is -2.04. The van der Waals surface area contributed by atoms with Crippen LogP contribution in [0.5, 0.6) is 5.75 Å². The SMILES string of the molecule is C=CC(=O)Oc1cc(Cl)ccc1F. The summed E-state index contributed by atoms with van der Waals surface area (Å²) in [4.78, 5) is 10.7. The summed E-state index contributed by atoms with van der Waals surface area (Å²) in [5.41, 5.74) is 0. The number of benzene rings is 1. The van der Waals surface area contributed by atoms with Gasteiger partial charge in [-0.2, -0.15) is 0 Å². The molecule has 2 nitrogen and oxygen atoms in total. The van der Waals surface area contributed by atoms with Crippen molar-refractivity contribution in [3.8, 4) is 5.75 Å². The quantitative estimate of drug-likeness (QED) is 0.417. The van der Waals surface area contributed by atoms with Crippen molar-refractivity contribution in [2.75, 3.05) is 0 Å². The molecule has 1 aromatic carbocycles. The average molecular weight is 201 g/mol. The molecule has 0 aliphatic heterocycles. The Morgan fingerprint density at radius 3 is 2.92 bits per heavy atom. The summed E-state index contributed by atoms with van der Waals surface area (Å²) in [7, 11) is 0. The maximum absolute atomic E-state index is 12.9. The first-order valence-corrected chi connectivity index (χ1v) is 3.80. The van der Waals surface area contributed by atoms with Crippen molar-refractivity contribution in [3.05, 3.63) is 41.7 Å². The highest BCUT2D eigenvalue weighted by Crippen LogP contribution is 2.21. The monoisotopic (exact) mass is 200 g/mol. The van der Waals surface area contributed by atoms with Crippen molar-refractivity contribution >= 4 is 17.6 Å².